The van der Waals surface area contributed by atoms with E-state index >= 15 is 0 Å². The van der Waals surface area contributed by atoms with Crippen LogP contribution in [-0.2, 0) is 0 Å². The highest BCUT2D eigenvalue weighted by Gasteiger charge is 2.07. The number of rotatable bonds is 2. The van der Waals surface area contributed by atoms with Gasteiger partial charge in [-0.2, -0.15) is 0 Å². The summed E-state index contributed by atoms with van der Waals surface area (Å²) in [6, 6.07) is 0. The Morgan fingerprint density at radius 1 is 1.23 bits per heavy atom. The molecule has 0 N–H and O–H groups in total. The Bertz CT molecular complexity index is 297. The Balaban J connectivity index is 0.000000671. The van der Waals surface area contributed by atoms with Crippen molar-refractivity contribution in [2.45, 2.75) is 20.8 Å². The lowest BCUT2D eigenvalue weighted by Gasteiger charge is -1.89. The largest absolute Gasteiger partial charge is 0.139 e. The highest BCUT2D eigenvalue weighted by Crippen LogP contribution is 2.33. The molecule has 1 aromatic rings. The zero-order chi connectivity index (χ0) is 10.4. The fraction of sp³-hybridized carbons (Fsp3) is 0.273. The summed E-state index contributed by atoms with van der Waals surface area (Å²) in [4.78, 5) is 2.22. The fourth-order valence-corrected chi connectivity index (χ4v) is 2.16. The SMILES string of the molecule is C=Cc1sc(C)c(Cl)c1C=C.CC. The highest BCUT2D eigenvalue weighted by atomic mass is 35.5. The van der Waals surface area contributed by atoms with Gasteiger partial charge in [-0.1, -0.05) is 50.8 Å². The van der Waals surface area contributed by atoms with Crippen molar-refractivity contribution < 1.29 is 0 Å². The Morgan fingerprint density at radius 3 is 2.08 bits per heavy atom. The maximum Gasteiger partial charge on any atom is 0.0620 e. The lowest BCUT2D eigenvalue weighted by atomic mass is 10.2. The normalized spacial score (nSPS) is 8.62. The molecule has 0 aliphatic heterocycles. The van der Waals surface area contributed by atoms with E-state index < -0.39 is 0 Å². The maximum absolute atomic E-state index is 5.98. The first kappa shape index (κ1) is 12.5. The predicted octanol–water partition coefficient (Wildman–Crippen LogP) is 5.02. The van der Waals surface area contributed by atoms with Crippen LogP contribution in [0.2, 0.25) is 5.02 Å². The molecule has 0 nitrogen and oxygen atoms in total. The van der Waals surface area contributed by atoms with E-state index in [1.54, 1.807) is 23.5 Å². The van der Waals surface area contributed by atoms with Crippen molar-refractivity contribution in [3.63, 3.8) is 0 Å². The molecule has 2 heteroatoms. The third kappa shape index (κ3) is 2.71. The van der Waals surface area contributed by atoms with Crippen LogP contribution in [0.3, 0.4) is 0 Å². The molecule has 0 saturated carbocycles. The summed E-state index contributed by atoms with van der Waals surface area (Å²) < 4.78 is 0. The molecule has 0 aromatic carbocycles. The minimum atomic E-state index is 0.805. The van der Waals surface area contributed by atoms with Crippen molar-refractivity contribution in [2.75, 3.05) is 0 Å². The Hall–Kier alpha value is -0.530. The number of halogens is 1. The van der Waals surface area contributed by atoms with E-state index in [4.69, 9.17) is 11.6 Å². The molecule has 0 aliphatic rings. The van der Waals surface area contributed by atoms with Crippen LogP contribution in [0.25, 0.3) is 12.2 Å². The van der Waals surface area contributed by atoms with Crippen LogP contribution in [-0.4, -0.2) is 0 Å². The summed E-state index contributed by atoms with van der Waals surface area (Å²) in [6.07, 6.45) is 3.57. The topological polar surface area (TPSA) is 0 Å². The second kappa shape index (κ2) is 6.01. The molecule has 1 aromatic heterocycles. The number of aryl methyl sites for hydroxylation is 1. The van der Waals surface area contributed by atoms with Crippen molar-refractivity contribution in [3.05, 3.63) is 33.5 Å². The van der Waals surface area contributed by atoms with Gasteiger partial charge in [-0.05, 0) is 6.92 Å². The molecule has 0 aliphatic carbocycles. The van der Waals surface area contributed by atoms with Crippen molar-refractivity contribution in [1.82, 2.24) is 0 Å². The van der Waals surface area contributed by atoms with Crippen molar-refractivity contribution in [3.8, 4) is 0 Å². The van der Waals surface area contributed by atoms with Crippen LogP contribution >= 0.6 is 22.9 Å². The van der Waals surface area contributed by atoms with Crippen LogP contribution in [0.1, 0.15) is 29.2 Å². The Kier molecular flexibility index (Phi) is 5.76. The molecule has 0 unspecified atom stereocenters. The zero-order valence-corrected chi connectivity index (χ0v) is 9.93. The predicted molar refractivity (Wildman–Crippen MR) is 65.6 cm³/mol. The summed E-state index contributed by atoms with van der Waals surface area (Å²) in [7, 11) is 0. The van der Waals surface area contributed by atoms with E-state index in [0.29, 0.717) is 0 Å². The first-order valence-electron chi connectivity index (χ1n) is 4.24. The van der Waals surface area contributed by atoms with Gasteiger partial charge in [0.25, 0.3) is 0 Å². The summed E-state index contributed by atoms with van der Waals surface area (Å²) >= 11 is 7.63. The van der Waals surface area contributed by atoms with Crippen LogP contribution in [0.5, 0.6) is 0 Å². The Labute approximate surface area is 89.6 Å². The third-order valence-electron chi connectivity index (χ3n) is 1.46. The maximum atomic E-state index is 5.98. The fourth-order valence-electron chi connectivity index (χ4n) is 0.904. The number of hydrogen-bond acceptors (Lipinski definition) is 1. The first-order valence-corrected chi connectivity index (χ1v) is 5.44. The summed E-state index contributed by atoms with van der Waals surface area (Å²) in [5.74, 6) is 0. The van der Waals surface area contributed by atoms with Crippen LogP contribution in [0, 0.1) is 6.92 Å². The van der Waals surface area contributed by atoms with Crippen LogP contribution < -0.4 is 0 Å². The Morgan fingerprint density at radius 2 is 1.77 bits per heavy atom. The minimum absolute atomic E-state index is 0.805. The minimum Gasteiger partial charge on any atom is -0.139 e. The molecule has 1 heterocycles. The van der Waals surface area contributed by atoms with E-state index in [1.807, 2.05) is 20.8 Å². The summed E-state index contributed by atoms with van der Waals surface area (Å²) in [5, 5.41) is 0.805. The van der Waals surface area contributed by atoms with Crippen molar-refractivity contribution in [2.24, 2.45) is 0 Å². The average molecular weight is 215 g/mol. The van der Waals surface area contributed by atoms with Gasteiger partial charge in [0.15, 0.2) is 0 Å². The average Bonchev–Trinajstić information content (AvgIpc) is 2.46. The van der Waals surface area contributed by atoms with Gasteiger partial charge in [0, 0.05) is 15.3 Å². The van der Waals surface area contributed by atoms with E-state index in [-0.39, 0.29) is 0 Å². The molecule has 0 atom stereocenters. The van der Waals surface area contributed by atoms with Gasteiger partial charge in [0.2, 0.25) is 0 Å². The molecule has 1 rings (SSSR count). The van der Waals surface area contributed by atoms with Crippen molar-refractivity contribution >= 4 is 35.1 Å². The van der Waals surface area contributed by atoms with Gasteiger partial charge in [0.1, 0.15) is 0 Å². The molecular formula is C11H15ClS. The van der Waals surface area contributed by atoms with Gasteiger partial charge in [0.05, 0.1) is 5.02 Å². The quantitative estimate of drug-likeness (QED) is 0.649. The second-order valence-electron chi connectivity index (χ2n) is 2.16. The van der Waals surface area contributed by atoms with Gasteiger partial charge in [-0.25, -0.2) is 0 Å². The first-order chi connectivity index (χ1) is 6.20. The molecule has 0 fully saturated rings. The van der Waals surface area contributed by atoms with Gasteiger partial charge < -0.3 is 0 Å². The van der Waals surface area contributed by atoms with Gasteiger partial charge in [-0.15, -0.1) is 11.3 Å². The van der Waals surface area contributed by atoms with Crippen LogP contribution in [0.15, 0.2) is 13.2 Å². The molecule has 72 valence electrons. The van der Waals surface area contributed by atoms with Gasteiger partial charge >= 0.3 is 0 Å². The summed E-state index contributed by atoms with van der Waals surface area (Å²) in [5.41, 5.74) is 1.00. The lowest BCUT2D eigenvalue weighted by Crippen LogP contribution is -1.69. The third-order valence-corrected chi connectivity index (χ3v) is 3.18. The monoisotopic (exact) mass is 214 g/mol. The summed E-state index contributed by atoms with van der Waals surface area (Å²) in [6.45, 7) is 13.4. The zero-order valence-electron chi connectivity index (χ0n) is 8.36. The second-order valence-corrected chi connectivity index (χ2v) is 3.79. The molecular weight excluding hydrogens is 200 g/mol. The van der Waals surface area contributed by atoms with E-state index in [2.05, 4.69) is 13.2 Å². The molecule has 0 radical (unpaired) electrons. The van der Waals surface area contributed by atoms with Gasteiger partial charge in [-0.3, -0.25) is 0 Å². The molecule has 13 heavy (non-hydrogen) atoms. The molecule has 0 bridgehead atoms. The number of thiophene rings is 1. The van der Waals surface area contributed by atoms with E-state index in [1.165, 1.54) is 0 Å². The van der Waals surface area contributed by atoms with E-state index in [0.717, 1.165) is 20.3 Å². The lowest BCUT2D eigenvalue weighted by molar-refractivity contribution is 1.50. The van der Waals surface area contributed by atoms with E-state index in [9.17, 15) is 0 Å². The smallest absolute Gasteiger partial charge is 0.0620 e. The molecule has 0 saturated heterocycles. The number of hydrogen-bond donors (Lipinski definition) is 0. The highest BCUT2D eigenvalue weighted by molar-refractivity contribution is 7.13. The molecule has 0 spiro atoms. The van der Waals surface area contributed by atoms with Crippen LogP contribution in [0.4, 0.5) is 0 Å². The molecule has 0 amide bonds. The van der Waals surface area contributed by atoms with Crippen molar-refractivity contribution in [1.29, 1.82) is 0 Å². The standard InChI is InChI=1S/C9H9ClS.C2H6/c1-4-7-8(5-2)11-6(3)9(7)10;1-2/h4-5H,1-2H2,3H3;1-2H3.